The van der Waals surface area contributed by atoms with Crippen molar-refractivity contribution in [1.82, 2.24) is 0 Å². The fraction of sp³-hybridized carbons (Fsp3) is 0.455. The average molecular weight is 227 g/mol. The summed E-state index contributed by atoms with van der Waals surface area (Å²) in [6, 6.07) is 6.50. The van der Waals surface area contributed by atoms with Crippen LogP contribution in [-0.4, -0.2) is 4.83 Å². The molecule has 1 aromatic rings. The highest BCUT2D eigenvalue weighted by Crippen LogP contribution is 2.16. The van der Waals surface area contributed by atoms with E-state index in [1.54, 1.807) is 0 Å². The second-order valence-corrected chi connectivity index (χ2v) is 4.91. The third kappa shape index (κ3) is 2.34. The fourth-order valence-electron chi connectivity index (χ4n) is 1.34. The normalized spacial score (nSPS) is 13.0. The van der Waals surface area contributed by atoms with E-state index >= 15 is 0 Å². The van der Waals surface area contributed by atoms with Crippen LogP contribution in [0.1, 0.15) is 23.6 Å². The van der Waals surface area contributed by atoms with Crippen LogP contribution in [0, 0.1) is 13.8 Å². The van der Waals surface area contributed by atoms with Gasteiger partial charge >= 0.3 is 0 Å². The van der Waals surface area contributed by atoms with Crippen molar-refractivity contribution in [3.63, 3.8) is 0 Å². The molecule has 0 heterocycles. The van der Waals surface area contributed by atoms with E-state index in [2.05, 4.69) is 54.9 Å². The average Bonchev–Trinajstić information content (AvgIpc) is 1.98. The summed E-state index contributed by atoms with van der Waals surface area (Å²) in [4.78, 5) is 0.568. The molecule has 66 valence electrons. The lowest BCUT2D eigenvalue weighted by Crippen LogP contribution is -1.99. The van der Waals surface area contributed by atoms with E-state index in [1.165, 1.54) is 16.7 Å². The van der Waals surface area contributed by atoms with E-state index in [9.17, 15) is 0 Å². The Hall–Kier alpha value is -0.300. The number of hydrogen-bond acceptors (Lipinski definition) is 0. The van der Waals surface area contributed by atoms with Crippen LogP contribution in [0.15, 0.2) is 18.2 Å². The monoisotopic (exact) mass is 226 g/mol. The number of halogens is 1. The van der Waals surface area contributed by atoms with Crippen molar-refractivity contribution < 1.29 is 0 Å². The van der Waals surface area contributed by atoms with Gasteiger partial charge in [-0.3, -0.25) is 0 Å². The molecule has 1 atom stereocenters. The molecule has 0 fully saturated rings. The van der Waals surface area contributed by atoms with Crippen LogP contribution in [0.5, 0.6) is 0 Å². The zero-order chi connectivity index (χ0) is 9.14. The van der Waals surface area contributed by atoms with E-state index in [0.29, 0.717) is 4.83 Å². The van der Waals surface area contributed by atoms with Gasteiger partial charge in [-0.1, -0.05) is 41.1 Å². The van der Waals surface area contributed by atoms with E-state index in [0.717, 1.165) is 6.42 Å². The molecule has 1 rings (SSSR count). The summed E-state index contributed by atoms with van der Waals surface area (Å²) in [6.45, 7) is 6.54. The Morgan fingerprint density at radius 2 is 2.00 bits per heavy atom. The van der Waals surface area contributed by atoms with Gasteiger partial charge in [-0.2, -0.15) is 0 Å². The smallest absolute Gasteiger partial charge is 0.0158 e. The number of aryl methyl sites for hydroxylation is 1. The lowest BCUT2D eigenvalue weighted by Gasteiger charge is -2.09. The summed E-state index contributed by atoms with van der Waals surface area (Å²) in [6.07, 6.45) is 1.12. The van der Waals surface area contributed by atoms with Gasteiger partial charge in [0.05, 0.1) is 0 Å². The van der Waals surface area contributed by atoms with Gasteiger partial charge in [-0.15, -0.1) is 0 Å². The molecular formula is C11H15Br. The van der Waals surface area contributed by atoms with Gasteiger partial charge in [0, 0.05) is 4.83 Å². The molecule has 12 heavy (non-hydrogen) atoms. The topological polar surface area (TPSA) is 0 Å². The molecule has 1 aromatic carbocycles. The molecule has 0 nitrogen and oxygen atoms in total. The Morgan fingerprint density at radius 1 is 1.33 bits per heavy atom. The van der Waals surface area contributed by atoms with Crippen LogP contribution in [0.2, 0.25) is 0 Å². The summed E-state index contributed by atoms with van der Waals surface area (Å²) >= 11 is 3.57. The maximum atomic E-state index is 3.57. The van der Waals surface area contributed by atoms with Crippen molar-refractivity contribution in [3.05, 3.63) is 34.9 Å². The van der Waals surface area contributed by atoms with Crippen LogP contribution in [0.4, 0.5) is 0 Å². The molecule has 0 aliphatic carbocycles. The van der Waals surface area contributed by atoms with E-state index in [-0.39, 0.29) is 0 Å². The first-order chi connectivity index (χ1) is 5.61. The Bertz CT molecular complexity index is 264. The molecule has 0 amide bonds. The fourth-order valence-corrected chi connectivity index (χ4v) is 1.68. The Balaban J connectivity index is 2.92. The molecule has 0 saturated heterocycles. The van der Waals surface area contributed by atoms with Gasteiger partial charge in [0.15, 0.2) is 0 Å². The predicted molar refractivity (Wildman–Crippen MR) is 58.0 cm³/mol. The number of hydrogen-bond donors (Lipinski definition) is 0. The van der Waals surface area contributed by atoms with Gasteiger partial charge in [0.25, 0.3) is 0 Å². The molecule has 0 saturated carbocycles. The molecule has 0 aromatic heterocycles. The van der Waals surface area contributed by atoms with E-state index < -0.39 is 0 Å². The van der Waals surface area contributed by atoms with E-state index in [4.69, 9.17) is 0 Å². The highest BCUT2D eigenvalue weighted by Gasteiger charge is 2.03. The molecule has 0 bridgehead atoms. The van der Waals surface area contributed by atoms with Crippen LogP contribution < -0.4 is 0 Å². The third-order valence-electron chi connectivity index (χ3n) is 2.22. The Kier molecular flexibility index (Phi) is 3.33. The predicted octanol–water partition coefficient (Wildman–Crippen LogP) is 3.63. The summed E-state index contributed by atoms with van der Waals surface area (Å²) < 4.78 is 0. The van der Waals surface area contributed by atoms with E-state index in [1.807, 2.05) is 0 Å². The number of alkyl halides is 1. The number of rotatable bonds is 2. The Morgan fingerprint density at radius 3 is 2.58 bits per heavy atom. The second kappa shape index (κ2) is 4.08. The second-order valence-electron chi connectivity index (χ2n) is 3.34. The van der Waals surface area contributed by atoms with Crippen LogP contribution in [-0.2, 0) is 6.42 Å². The van der Waals surface area contributed by atoms with Crippen LogP contribution in [0.25, 0.3) is 0 Å². The largest absolute Gasteiger partial charge is 0.0890 e. The minimum absolute atomic E-state index is 0.568. The van der Waals surface area contributed by atoms with Crippen molar-refractivity contribution in [2.75, 3.05) is 0 Å². The lowest BCUT2D eigenvalue weighted by molar-refractivity contribution is 0.945. The first-order valence-electron chi connectivity index (χ1n) is 4.30. The van der Waals surface area contributed by atoms with Crippen molar-refractivity contribution in [2.24, 2.45) is 0 Å². The third-order valence-corrected chi connectivity index (χ3v) is 2.54. The van der Waals surface area contributed by atoms with Crippen molar-refractivity contribution in [1.29, 1.82) is 0 Å². The maximum absolute atomic E-state index is 3.57. The summed E-state index contributed by atoms with van der Waals surface area (Å²) in [7, 11) is 0. The molecule has 0 aliphatic rings. The first kappa shape index (κ1) is 9.79. The SMILES string of the molecule is Cc1cccc(CC(C)Br)c1C. The minimum Gasteiger partial charge on any atom is -0.0890 e. The van der Waals surface area contributed by atoms with Crippen LogP contribution in [0.3, 0.4) is 0 Å². The zero-order valence-electron chi connectivity index (χ0n) is 7.89. The van der Waals surface area contributed by atoms with Gasteiger partial charge in [-0.25, -0.2) is 0 Å². The van der Waals surface area contributed by atoms with Gasteiger partial charge in [0.1, 0.15) is 0 Å². The molecular weight excluding hydrogens is 212 g/mol. The van der Waals surface area contributed by atoms with Crippen LogP contribution >= 0.6 is 15.9 Å². The number of benzene rings is 1. The van der Waals surface area contributed by atoms with Gasteiger partial charge in [0.2, 0.25) is 0 Å². The Labute approximate surface area is 83.1 Å². The standard InChI is InChI=1S/C11H15Br/c1-8-5-4-6-11(10(8)3)7-9(2)12/h4-6,9H,7H2,1-3H3. The highest BCUT2D eigenvalue weighted by atomic mass is 79.9. The summed E-state index contributed by atoms with van der Waals surface area (Å²) in [5, 5.41) is 0. The van der Waals surface area contributed by atoms with Gasteiger partial charge < -0.3 is 0 Å². The lowest BCUT2D eigenvalue weighted by atomic mass is 10.0. The maximum Gasteiger partial charge on any atom is 0.0158 e. The minimum atomic E-state index is 0.568. The van der Waals surface area contributed by atoms with Crippen molar-refractivity contribution in [3.8, 4) is 0 Å². The van der Waals surface area contributed by atoms with Crippen molar-refractivity contribution >= 4 is 15.9 Å². The zero-order valence-corrected chi connectivity index (χ0v) is 9.48. The highest BCUT2D eigenvalue weighted by molar-refractivity contribution is 9.09. The summed E-state index contributed by atoms with van der Waals surface area (Å²) in [5.74, 6) is 0. The first-order valence-corrected chi connectivity index (χ1v) is 5.22. The molecule has 0 aliphatic heterocycles. The molecule has 1 unspecified atom stereocenters. The van der Waals surface area contributed by atoms with Gasteiger partial charge in [-0.05, 0) is 37.0 Å². The molecule has 0 spiro atoms. The summed E-state index contributed by atoms with van der Waals surface area (Å²) in [5.41, 5.74) is 4.28. The van der Waals surface area contributed by atoms with Crippen molar-refractivity contribution in [2.45, 2.75) is 32.0 Å². The molecule has 1 heteroatoms. The molecule has 0 radical (unpaired) electrons. The quantitative estimate of drug-likeness (QED) is 0.677. The molecule has 0 N–H and O–H groups in total.